The van der Waals surface area contributed by atoms with Gasteiger partial charge in [0, 0.05) is 11.1 Å². The Morgan fingerprint density at radius 2 is 2.15 bits per heavy atom. The standard InChI is InChI=1S/C9H8ClN2.HI/c1-12-5-4-11-8-6-7(10)2-3-9(8)12;/h2-6H,1H3;1H/q+1;/p-1. The molecule has 0 spiro atoms. The van der Waals surface area contributed by atoms with Crippen LogP contribution in [0.5, 0.6) is 0 Å². The number of fused-ring (bicyclic) bond motifs is 1. The Morgan fingerprint density at radius 3 is 2.92 bits per heavy atom. The van der Waals surface area contributed by atoms with Gasteiger partial charge in [0.05, 0.1) is 6.20 Å². The quantitative estimate of drug-likeness (QED) is 0.437. The van der Waals surface area contributed by atoms with E-state index in [0.29, 0.717) is 0 Å². The Labute approximate surface area is 98.6 Å². The van der Waals surface area contributed by atoms with Crippen molar-refractivity contribution in [3.8, 4) is 0 Å². The molecule has 0 radical (unpaired) electrons. The highest BCUT2D eigenvalue weighted by Gasteiger charge is 2.03. The zero-order valence-electron chi connectivity index (χ0n) is 7.04. The lowest BCUT2D eigenvalue weighted by molar-refractivity contribution is -0.645. The second kappa shape index (κ2) is 4.19. The Morgan fingerprint density at radius 1 is 1.38 bits per heavy atom. The summed E-state index contributed by atoms with van der Waals surface area (Å²) in [6.07, 6.45) is 3.68. The maximum absolute atomic E-state index is 5.82. The first-order valence-corrected chi connectivity index (χ1v) is 4.05. The predicted molar refractivity (Wildman–Crippen MR) is 47.9 cm³/mol. The summed E-state index contributed by atoms with van der Waals surface area (Å²) in [6, 6.07) is 5.69. The minimum atomic E-state index is 0. The number of hydrogen-bond acceptors (Lipinski definition) is 1. The topological polar surface area (TPSA) is 16.8 Å². The highest BCUT2D eigenvalue weighted by Crippen LogP contribution is 2.13. The van der Waals surface area contributed by atoms with Crippen molar-refractivity contribution in [2.24, 2.45) is 7.05 Å². The van der Waals surface area contributed by atoms with Gasteiger partial charge in [0.1, 0.15) is 12.6 Å². The van der Waals surface area contributed by atoms with E-state index in [9.17, 15) is 0 Å². The zero-order valence-corrected chi connectivity index (χ0v) is 9.95. The summed E-state index contributed by atoms with van der Waals surface area (Å²) in [4.78, 5) is 4.20. The molecule has 0 saturated carbocycles. The molecule has 68 valence electrons. The van der Waals surface area contributed by atoms with E-state index in [0.717, 1.165) is 16.1 Å². The third-order valence-corrected chi connectivity index (χ3v) is 2.06. The van der Waals surface area contributed by atoms with Crippen LogP contribution in [0.4, 0.5) is 0 Å². The van der Waals surface area contributed by atoms with E-state index in [1.54, 1.807) is 6.20 Å². The molecule has 0 saturated heterocycles. The van der Waals surface area contributed by atoms with E-state index < -0.39 is 0 Å². The van der Waals surface area contributed by atoms with E-state index in [2.05, 4.69) is 4.98 Å². The third-order valence-electron chi connectivity index (χ3n) is 1.82. The number of hydrogen-bond donors (Lipinski definition) is 0. The van der Waals surface area contributed by atoms with Crippen molar-refractivity contribution >= 4 is 22.6 Å². The summed E-state index contributed by atoms with van der Waals surface area (Å²) < 4.78 is 2.01. The predicted octanol–water partition coefficient (Wildman–Crippen LogP) is -1.28. The van der Waals surface area contributed by atoms with Gasteiger partial charge in [0.15, 0.2) is 6.20 Å². The molecule has 0 aliphatic heterocycles. The van der Waals surface area contributed by atoms with Crippen molar-refractivity contribution in [1.82, 2.24) is 4.98 Å². The van der Waals surface area contributed by atoms with Crippen LogP contribution in [0.15, 0.2) is 30.6 Å². The van der Waals surface area contributed by atoms with Gasteiger partial charge in [-0.25, -0.2) is 4.98 Å². The molecule has 0 fully saturated rings. The molecule has 13 heavy (non-hydrogen) atoms. The van der Waals surface area contributed by atoms with Gasteiger partial charge in [-0.1, -0.05) is 11.6 Å². The summed E-state index contributed by atoms with van der Waals surface area (Å²) in [7, 11) is 1.98. The van der Waals surface area contributed by atoms with Crippen molar-refractivity contribution in [3.05, 3.63) is 35.6 Å². The summed E-state index contributed by atoms with van der Waals surface area (Å²) in [6.45, 7) is 0. The highest BCUT2D eigenvalue weighted by atomic mass is 127. The van der Waals surface area contributed by atoms with Gasteiger partial charge in [-0.2, -0.15) is 4.57 Å². The summed E-state index contributed by atoms with van der Waals surface area (Å²) >= 11 is 5.82. The van der Waals surface area contributed by atoms with E-state index >= 15 is 0 Å². The van der Waals surface area contributed by atoms with E-state index in [1.807, 2.05) is 36.0 Å². The minimum Gasteiger partial charge on any atom is -1.00 e. The number of aromatic nitrogens is 2. The van der Waals surface area contributed by atoms with Crippen molar-refractivity contribution in [2.75, 3.05) is 0 Å². The van der Waals surface area contributed by atoms with Crippen molar-refractivity contribution in [2.45, 2.75) is 0 Å². The average molecular weight is 307 g/mol. The highest BCUT2D eigenvalue weighted by molar-refractivity contribution is 6.31. The van der Waals surface area contributed by atoms with Crippen LogP contribution in [0.2, 0.25) is 5.02 Å². The maximum Gasteiger partial charge on any atom is 0.231 e. The van der Waals surface area contributed by atoms with Gasteiger partial charge in [0.25, 0.3) is 0 Å². The third kappa shape index (κ3) is 2.08. The fraction of sp³-hybridized carbons (Fsp3) is 0.111. The second-order valence-electron chi connectivity index (χ2n) is 2.67. The molecule has 0 atom stereocenters. The van der Waals surface area contributed by atoms with Crippen molar-refractivity contribution < 1.29 is 28.5 Å². The minimum absolute atomic E-state index is 0. The van der Waals surface area contributed by atoms with Crippen LogP contribution in [0, 0.1) is 0 Å². The molecular weight excluding hydrogens is 298 g/mol. The number of aryl methyl sites for hydroxylation is 1. The summed E-state index contributed by atoms with van der Waals surface area (Å²) in [5.74, 6) is 0. The molecular formula is C9H8ClIN2. The largest absolute Gasteiger partial charge is 1.00 e. The van der Waals surface area contributed by atoms with Crippen LogP contribution >= 0.6 is 11.6 Å². The fourth-order valence-corrected chi connectivity index (χ4v) is 1.36. The molecule has 2 rings (SSSR count). The van der Waals surface area contributed by atoms with Gasteiger partial charge in [0.2, 0.25) is 5.52 Å². The normalized spacial score (nSPS) is 9.69. The first-order chi connectivity index (χ1) is 5.77. The smallest absolute Gasteiger partial charge is 0.231 e. The van der Waals surface area contributed by atoms with Crippen LogP contribution in [0.3, 0.4) is 0 Å². The van der Waals surface area contributed by atoms with Crippen LogP contribution in [-0.4, -0.2) is 4.98 Å². The monoisotopic (exact) mass is 306 g/mol. The fourth-order valence-electron chi connectivity index (χ4n) is 1.19. The lowest BCUT2D eigenvalue weighted by Gasteiger charge is -1.94. The van der Waals surface area contributed by atoms with Crippen LogP contribution in [0.1, 0.15) is 0 Å². The van der Waals surface area contributed by atoms with E-state index in [-0.39, 0.29) is 24.0 Å². The van der Waals surface area contributed by atoms with Gasteiger partial charge in [-0.05, 0) is 12.1 Å². The number of benzene rings is 1. The SMILES string of the molecule is C[n+]1ccnc2cc(Cl)ccc21.[I-]. The van der Waals surface area contributed by atoms with Gasteiger partial charge < -0.3 is 24.0 Å². The van der Waals surface area contributed by atoms with Gasteiger partial charge >= 0.3 is 0 Å². The lowest BCUT2D eigenvalue weighted by Crippen LogP contribution is -3.00. The molecule has 4 heteroatoms. The Bertz CT molecular complexity index is 431. The molecule has 0 N–H and O–H groups in total. The summed E-state index contributed by atoms with van der Waals surface area (Å²) in [5.41, 5.74) is 2.01. The molecule has 0 unspecified atom stereocenters. The molecule has 0 aliphatic carbocycles. The van der Waals surface area contributed by atoms with E-state index in [1.165, 1.54) is 0 Å². The average Bonchev–Trinajstić information content (AvgIpc) is 2.04. The second-order valence-corrected chi connectivity index (χ2v) is 3.11. The van der Waals surface area contributed by atoms with Crippen molar-refractivity contribution in [3.63, 3.8) is 0 Å². The van der Waals surface area contributed by atoms with Crippen LogP contribution in [-0.2, 0) is 7.05 Å². The molecule has 1 aromatic heterocycles. The lowest BCUT2D eigenvalue weighted by atomic mass is 10.3. The molecule has 2 nitrogen and oxygen atoms in total. The molecule has 2 aromatic rings. The molecule has 1 aromatic carbocycles. The van der Waals surface area contributed by atoms with E-state index in [4.69, 9.17) is 11.6 Å². The molecule has 0 bridgehead atoms. The first kappa shape index (κ1) is 10.7. The molecule has 1 heterocycles. The van der Waals surface area contributed by atoms with Crippen LogP contribution < -0.4 is 28.5 Å². The number of rotatable bonds is 0. The van der Waals surface area contributed by atoms with Crippen LogP contribution in [0.25, 0.3) is 11.0 Å². The Hall–Kier alpha value is -0.420. The molecule has 0 aliphatic rings. The van der Waals surface area contributed by atoms with Gasteiger partial charge in [-0.3, -0.25) is 0 Å². The van der Waals surface area contributed by atoms with Gasteiger partial charge in [-0.15, -0.1) is 0 Å². The number of halogens is 2. The number of nitrogens with zero attached hydrogens (tertiary/aromatic N) is 2. The molecule has 0 amide bonds. The Balaban J connectivity index is 0.000000845. The first-order valence-electron chi connectivity index (χ1n) is 3.67. The zero-order chi connectivity index (χ0) is 8.55. The summed E-state index contributed by atoms with van der Waals surface area (Å²) in [5, 5.41) is 0.723. The maximum atomic E-state index is 5.82. The van der Waals surface area contributed by atoms with Crippen molar-refractivity contribution in [1.29, 1.82) is 0 Å². The Kier molecular flexibility index (Phi) is 3.44.